The van der Waals surface area contributed by atoms with Crippen molar-refractivity contribution in [2.24, 2.45) is 0 Å². The molecule has 0 heterocycles. The van der Waals surface area contributed by atoms with Crippen molar-refractivity contribution >= 4 is 11.8 Å². The van der Waals surface area contributed by atoms with Gasteiger partial charge in [-0.15, -0.1) is 11.8 Å². The zero-order valence-electron chi connectivity index (χ0n) is 8.49. The number of rotatable bonds is 6. The Bertz CT molecular complexity index is 265. The van der Waals surface area contributed by atoms with Gasteiger partial charge in [-0.3, -0.25) is 0 Å². The monoisotopic (exact) mass is 211 g/mol. The summed E-state index contributed by atoms with van der Waals surface area (Å²) in [5.74, 6) is 0. The molecule has 0 amide bonds. The van der Waals surface area contributed by atoms with Gasteiger partial charge in [-0.05, 0) is 30.9 Å². The van der Waals surface area contributed by atoms with Gasteiger partial charge in [-0.1, -0.05) is 18.2 Å². The van der Waals surface area contributed by atoms with E-state index in [2.05, 4.69) is 35.8 Å². The fourth-order valence-corrected chi connectivity index (χ4v) is 1.89. The lowest BCUT2D eigenvalue weighted by Crippen LogP contribution is -2.16. The van der Waals surface area contributed by atoms with Crippen LogP contribution in [0.5, 0.6) is 0 Å². The van der Waals surface area contributed by atoms with Crippen LogP contribution in [0.3, 0.4) is 0 Å². The summed E-state index contributed by atoms with van der Waals surface area (Å²) < 4.78 is 0. The van der Waals surface area contributed by atoms with E-state index in [-0.39, 0.29) is 6.61 Å². The van der Waals surface area contributed by atoms with Crippen LogP contribution >= 0.6 is 11.8 Å². The normalized spacial score (nSPS) is 10.4. The molecule has 0 fully saturated rings. The van der Waals surface area contributed by atoms with E-state index in [0.29, 0.717) is 0 Å². The predicted molar refractivity (Wildman–Crippen MR) is 61.6 cm³/mol. The second-order valence-corrected chi connectivity index (χ2v) is 3.91. The summed E-state index contributed by atoms with van der Waals surface area (Å²) in [6, 6.07) is 8.39. The van der Waals surface area contributed by atoms with Gasteiger partial charge < -0.3 is 10.4 Å². The summed E-state index contributed by atoms with van der Waals surface area (Å²) in [6.45, 7) is 2.02. The largest absolute Gasteiger partial charge is 0.396 e. The number of aliphatic hydroxyl groups is 1. The standard InChI is InChI=1S/C11H17NOS/c1-14-11-6-3-2-5-10(11)9-12-7-4-8-13/h2-3,5-6,12-13H,4,7-9H2,1H3. The number of nitrogens with one attached hydrogen (secondary N) is 1. The average molecular weight is 211 g/mol. The lowest BCUT2D eigenvalue weighted by molar-refractivity contribution is 0.286. The molecule has 0 aliphatic carbocycles. The summed E-state index contributed by atoms with van der Waals surface area (Å²) in [5.41, 5.74) is 1.33. The Labute approximate surface area is 89.7 Å². The van der Waals surface area contributed by atoms with E-state index >= 15 is 0 Å². The van der Waals surface area contributed by atoms with Crippen LogP contribution in [0.4, 0.5) is 0 Å². The van der Waals surface area contributed by atoms with Gasteiger partial charge in [0.05, 0.1) is 0 Å². The van der Waals surface area contributed by atoms with Crippen molar-refractivity contribution in [3.8, 4) is 0 Å². The third kappa shape index (κ3) is 3.70. The molecule has 2 nitrogen and oxygen atoms in total. The van der Waals surface area contributed by atoms with Gasteiger partial charge in [0.2, 0.25) is 0 Å². The van der Waals surface area contributed by atoms with Crippen LogP contribution in [-0.4, -0.2) is 24.5 Å². The average Bonchev–Trinajstić information content (AvgIpc) is 2.25. The van der Waals surface area contributed by atoms with Crippen molar-refractivity contribution < 1.29 is 5.11 Å². The number of hydrogen-bond donors (Lipinski definition) is 2. The van der Waals surface area contributed by atoms with Crippen molar-refractivity contribution in [2.45, 2.75) is 17.9 Å². The third-order valence-corrected chi connectivity index (χ3v) is 2.86. The summed E-state index contributed by atoms with van der Waals surface area (Å²) >= 11 is 1.77. The quantitative estimate of drug-likeness (QED) is 0.556. The minimum absolute atomic E-state index is 0.261. The number of hydrogen-bond acceptors (Lipinski definition) is 3. The Kier molecular flexibility index (Phi) is 5.68. The lowest BCUT2D eigenvalue weighted by atomic mass is 10.2. The molecular formula is C11H17NOS. The predicted octanol–water partition coefficient (Wildman–Crippen LogP) is 1.88. The summed E-state index contributed by atoms with van der Waals surface area (Å²) in [4.78, 5) is 1.32. The molecule has 0 saturated heterocycles. The van der Waals surface area contributed by atoms with E-state index in [1.165, 1.54) is 10.5 Å². The van der Waals surface area contributed by atoms with Gasteiger partial charge in [-0.25, -0.2) is 0 Å². The van der Waals surface area contributed by atoms with Gasteiger partial charge in [0, 0.05) is 18.0 Å². The number of aliphatic hydroxyl groups excluding tert-OH is 1. The first-order valence-electron chi connectivity index (χ1n) is 4.82. The first-order valence-corrected chi connectivity index (χ1v) is 6.04. The van der Waals surface area contributed by atoms with Gasteiger partial charge in [0.25, 0.3) is 0 Å². The van der Waals surface area contributed by atoms with Gasteiger partial charge in [-0.2, -0.15) is 0 Å². The topological polar surface area (TPSA) is 32.3 Å². The molecule has 0 bridgehead atoms. The fraction of sp³-hybridized carbons (Fsp3) is 0.455. The fourth-order valence-electron chi connectivity index (χ4n) is 1.28. The molecule has 0 atom stereocenters. The van der Waals surface area contributed by atoms with E-state index < -0.39 is 0 Å². The molecule has 0 aliphatic rings. The van der Waals surface area contributed by atoms with Crippen LogP contribution in [0.25, 0.3) is 0 Å². The summed E-state index contributed by atoms with van der Waals surface area (Å²) in [7, 11) is 0. The van der Waals surface area contributed by atoms with Crippen molar-refractivity contribution in [3.05, 3.63) is 29.8 Å². The van der Waals surface area contributed by atoms with Crippen LogP contribution in [0.2, 0.25) is 0 Å². The Morgan fingerprint density at radius 1 is 1.36 bits per heavy atom. The third-order valence-electron chi connectivity index (χ3n) is 2.02. The molecule has 0 saturated carbocycles. The maximum Gasteiger partial charge on any atom is 0.0443 e. The Morgan fingerprint density at radius 2 is 2.14 bits per heavy atom. The second-order valence-electron chi connectivity index (χ2n) is 3.07. The van der Waals surface area contributed by atoms with Gasteiger partial charge in [0.1, 0.15) is 0 Å². The van der Waals surface area contributed by atoms with Crippen molar-refractivity contribution in [1.29, 1.82) is 0 Å². The van der Waals surface area contributed by atoms with Crippen molar-refractivity contribution in [3.63, 3.8) is 0 Å². The molecule has 0 unspecified atom stereocenters. The highest BCUT2D eigenvalue weighted by molar-refractivity contribution is 7.98. The molecule has 1 aromatic rings. The first-order chi connectivity index (χ1) is 6.88. The zero-order chi connectivity index (χ0) is 10.2. The molecule has 3 heteroatoms. The molecule has 0 aliphatic heterocycles. The zero-order valence-corrected chi connectivity index (χ0v) is 9.31. The van der Waals surface area contributed by atoms with Crippen molar-refractivity contribution in [2.75, 3.05) is 19.4 Å². The van der Waals surface area contributed by atoms with Crippen LogP contribution in [0.1, 0.15) is 12.0 Å². The van der Waals surface area contributed by atoms with Crippen LogP contribution in [0.15, 0.2) is 29.2 Å². The SMILES string of the molecule is CSc1ccccc1CNCCCO. The minimum atomic E-state index is 0.261. The molecular weight excluding hydrogens is 194 g/mol. The highest BCUT2D eigenvalue weighted by atomic mass is 32.2. The molecule has 2 N–H and O–H groups in total. The molecule has 1 aromatic carbocycles. The van der Waals surface area contributed by atoms with Crippen LogP contribution in [-0.2, 0) is 6.54 Å². The Hall–Kier alpha value is -0.510. The molecule has 1 rings (SSSR count). The van der Waals surface area contributed by atoms with E-state index in [0.717, 1.165) is 19.5 Å². The van der Waals surface area contributed by atoms with Crippen LogP contribution < -0.4 is 5.32 Å². The maximum atomic E-state index is 8.62. The molecule has 0 spiro atoms. The lowest BCUT2D eigenvalue weighted by Gasteiger charge is -2.07. The molecule has 0 aromatic heterocycles. The van der Waals surface area contributed by atoms with E-state index in [1.807, 2.05) is 0 Å². The van der Waals surface area contributed by atoms with Crippen LogP contribution in [0, 0.1) is 0 Å². The smallest absolute Gasteiger partial charge is 0.0443 e. The highest BCUT2D eigenvalue weighted by Crippen LogP contribution is 2.19. The Morgan fingerprint density at radius 3 is 2.86 bits per heavy atom. The maximum absolute atomic E-state index is 8.62. The second kappa shape index (κ2) is 6.87. The first kappa shape index (κ1) is 11.6. The molecule has 14 heavy (non-hydrogen) atoms. The van der Waals surface area contributed by atoms with E-state index in [1.54, 1.807) is 11.8 Å². The van der Waals surface area contributed by atoms with Gasteiger partial charge in [0.15, 0.2) is 0 Å². The minimum Gasteiger partial charge on any atom is -0.396 e. The molecule has 0 radical (unpaired) electrons. The number of thioether (sulfide) groups is 1. The highest BCUT2D eigenvalue weighted by Gasteiger charge is 1.98. The summed E-state index contributed by atoms with van der Waals surface area (Å²) in [6.07, 6.45) is 2.91. The van der Waals surface area contributed by atoms with Crippen molar-refractivity contribution in [1.82, 2.24) is 5.32 Å². The number of benzene rings is 1. The van der Waals surface area contributed by atoms with E-state index in [9.17, 15) is 0 Å². The summed E-state index contributed by atoms with van der Waals surface area (Å²) in [5, 5.41) is 11.9. The Balaban J connectivity index is 2.41. The molecule has 78 valence electrons. The van der Waals surface area contributed by atoms with E-state index in [4.69, 9.17) is 5.11 Å². The van der Waals surface area contributed by atoms with Gasteiger partial charge >= 0.3 is 0 Å².